The van der Waals surface area contributed by atoms with Crippen molar-refractivity contribution in [2.45, 2.75) is 0 Å². The van der Waals surface area contributed by atoms with Gasteiger partial charge in [0.25, 0.3) is 6.54 Å². The highest BCUT2D eigenvalue weighted by molar-refractivity contribution is 6.34. The van der Waals surface area contributed by atoms with Crippen LogP contribution in [0, 0.1) is 10.1 Å². The van der Waals surface area contributed by atoms with Crippen LogP contribution in [0.5, 0.6) is 0 Å². The average molecular weight is 200 g/mol. The number of carbonyl (C=O) groups excluding carboxylic acids is 1. The molecule has 0 spiro atoms. The summed E-state index contributed by atoms with van der Waals surface area (Å²) < 4.78 is 0. The Bertz CT molecular complexity index is 351. The van der Waals surface area contributed by atoms with Gasteiger partial charge in [-0.15, -0.1) is 0 Å². The van der Waals surface area contributed by atoms with Gasteiger partial charge in [-0.3, -0.25) is 14.9 Å². The summed E-state index contributed by atoms with van der Waals surface area (Å²) in [6, 6.07) is 6.26. The number of ketones is 1. The van der Waals surface area contributed by atoms with Crippen molar-refractivity contribution in [3.8, 4) is 0 Å². The van der Waals surface area contributed by atoms with Gasteiger partial charge >= 0.3 is 0 Å². The minimum absolute atomic E-state index is 0.195. The molecule has 1 rings (SSSR count). The van der Waals surface area contributed by atoms with E-state index < -0.39 is 17.3 Å². The predicted molar refractivity (Wildman–Crippen MR) is 47.6 cm³/mol. The number of rotatable bonds is 3. The lowest BCUT2D eigenvalue weighted by molar-refractivity contribution is -0.465. The van der Waals surface area contributed by atoms with E-state index in [0.29, 0.717) is 0 Å². The van der Waals surface area contributed by atoms with E-state index in [1.165, 1.54) is 12.1 Å². The summed E-state index contributed by atoms with van der Waals surface area (Å²) >= 11 is 5.66. The molecule has 0 aliphatic carbocycles. The Balaban J connectivity index is 2.89. The van der Waals surface area contributed by atoms with Crippen LogP contribution in [0.3, 0.4) is 0 Å². The monoisotopic (exact) mass is 199 g/mol. The number of halogens is 1. The number of hydrogen-bond donors (Lipinski definition) is 0. The van der Waals surface area contributed by atoms with Crippen LogP contribution in [-0.4, -0.2) is 17.3 Å². The van der Waals surface area contributed by atoms with Crippen molar-refractivity contribution in [3.63, 3.8) is 0 Å². The molecular formula is C8H6ClNO3. The zero-order valence-electron chi connectivity index (χ0n) is 6.57. The highest BCUT2D eigenvalue weighted by Crippen LogP contribution is 2.15. The standard InChI is InChI=1S/C8H6ClNO3/c9-7-4-2-1-3-6(7)8(11)5-10(12)13/h1-4H,5H2. The first-order chi connectivity index (χ1) is 6.11. The van der Waals surface area contributed by atoms with Crippen LogP contribution in [0.15, 0.2) is 24.3 Å². The summed E-state index contributed by atoms with van der Waals surface area (Å²) in [5.41, 5.74) is 0.195. The first-order valence-corrected chi connectivity index (χ1v) is 3.88. The van der Waals surface area contributed by atoms with Gasteiger partial charge in [-0.25, -0.2) is 0 Å². The number of Topliss-reactive ketones (excluding diaryl/α,β-unsaturated/α-hetero) is 1. The highest BCUT2D eigenvalue weighted by Gasteiger charge is 2.14. The lowest BCUT2D eigenvalue weighted by Gasteiger charge is -1.98. The fourth-order valence-corrected chi connectivity index (χ4v) is 1.13. The van der Waals surface area contributed by atoms with Crippen molar-refractivity contribution in [3.05, 3.63) is 45.0 Å². The quantitative estimate of drug-likeness (QED) is 0.424. The summed E-state index contributed by atoms with van der Waals surface area (Å²) in [5.74, 6) is -0.574. The van der Waals surface area contributed by atoms with Gasteiger partial charge in [0, 0.05) is 10.5 Å². The second-order valence-electron chi connectivity index (χ2n) is 2.39. The topological polar surface area (TPSA) is 60.2 Å². The normalized spacial score (nSPS) is 9.62. The summed E-state index contributed by atoms with van der Waals surface area (Å²) in [6.07, 6.45) is 0. The number of hydrogen-bond acceptors (Lipinski definition) is 3. The molecule has 68 valence electrons. The molecule has 0 saturated heterocycles. The molecule has 0 aliphatic heterocycles. The summed E-state index contributed by atoms with van der Waals surface area (Å²) in [4.78, 5) is 20.5. The number of benzene rings is 1. The zero-order chi connectivity index (χ0) is 9.84. The van der Waals surface area contributed by atoms with Crippen molar-refractivity contribution in [2.24, 2.45) is 0 Å². The Labute approximate surface area is 79.3 Å². The fourth-order valence-electron chi connectivity index (χ4n) is 0.890. The molecule has 0 unspecified atom stereocenters. The lowest BCUT2D eigenvalue weighted by Crippen LogP contribution is -2.13. The van der Waals surface area contributed by atoms with E-state index in [-0.39, 0.29) is 10.6 Å². The summed E-state index contributed by atoms with van der Waals surface area (Å²) in [6.45, 7) is -0.719. The van der Waals surface area contributed by atoms with Crippen LogP contribution in [0.1, 0.15) is 10.4 Å². The molecule has 0 saturated carbocycles. The van der Waals surface area contributed by atoms with Crippen molar-refractivity contribution in [1.29, 1.82) is 0 Å². The maximum Gasteiger partial charge on any atom is 0.265 e. The van der Waals surface area contributed by atoms with Gasteiger partial charge in [0.15, 0.2) is 0 Å². The smallest absolute Gasteiger partial charge is 0.265 e. The van der Waals surface area contributed by atoms with Gasteiger partial charge in [-0.2, -0.15) is 0 Å². The molecule has 0 aromatic heterocycles. The third-order valence-corrected chi connectivity index (χ3v) is 1.78. The van der Waals surface area contributed by atoms with E-state index in [9.17, 15) is 14.9 Å². The van der Waals surface area contributed by atoms with Crippen LogP contribution in [-0.2, 0) is 0 Å². The molecule has 0 heterocycles. The fraction of sp³-hybridized carbons (Fsp3) is 0.125. The molecule has 4 nitrogen and oxygen atoms in total. The second kappa shape index (κ2) is 4.00. The summed E-state index contributed by atoms with van der Waals surface area (Å²) in [5, 5.41) is 10.3. The first kappa shape index (κ1) is 9.67. The molecular weight excluding hydrogens is 194 g/mol. The van der Waals surface area contributed by atoms with Gasteiger partial charge < -0.3 is 0 Å². The molecule has 0 atom stereocenters. The minimum atomic E-state index is -0.719. The molecule has 5 heteroatoms. The third kappa shape index (κ3) is 2.52. The van der Waals surface area contributed by atoms with Crippen LogP contribution in [0.25, 0.3) is 0 Å². The maximum absolute atomic E-state index is 11.1. The Kier molecular flexibility index (Phi) is 2.97. The van der Waals surface area contributed by atoms with E-state index in [1.807, 2.05) is 0 Å². The highest BCUT2D eigenvalue weighted by atomic mass is 35.5. The van der Waals surface area contributed by atoms with Crippen LogP contribution >= 0.6 is 11.6 Å². The molecule has 0 N–H and O–H groups in total. The van der Waals surface area contributed by atoms with Crippen molar-refractivity contribution >= 4 is 17.4 Å². The third-order valence-electron chi connectivity index (χ3n) is 1.45. The minimum Gasteiger partial charge on any atom is -0.287 e. The average Bonchev–Trinajstić information content (AvgIpc) is 2.03. The Morgan fingerprint density at radius 3 is 2.62 bits per heavy atom. The maximum atomic E-state index is 11.1. The van der Waals surface area contributed by atoms with Crippen LogP contribution in [0.4, 0.5) is 0 Å². The van der Waals surface area contributed by atoms with Crippen LogP contribution in [0.2, 0.25) is 5.02 Å². The molecule has 13 heavy (non-hydrogen) atoms. The molecule has 0 aliphatic rings. The number of nitro groups is 1. The Hall–Kier alpha value is -1.42. The van der Waals surface area contributed by atoms with Crippen molar-refractivity contribution < 1.29 is 9.72 Å². The predicted octanol–water partition coefficient (Wildman–Crippen LogP) is 1.80. The number of nitrogens with zero attached hydrogens (tertiary/aromatic N) is 1. The van der Waals surface area contributed by atoms with Gasteiger partial charge in [-0.1, -0.05) is 23.7 Å². The van der Waals surface area contributed by atoms with Crippen molar-refractivity contribution in [2.75, 3.05) is 6.54 Å². The van der Waals surface area contributed by atoms with Gasteiger partial charge in [0.2, 0.25) is 5.78 Å². The van der Waals surface area contributed by atoms with Gasteiger partial charge in [0.05, 0.1) is 5.02 Å². The Morgan fingerprint density at radius 1 is 1.46 bits per heavy atom. The van der Waals surface area contributed by atoms with E-state index in [0.717, 1.165) is 0 Å². The molecule has 0 fully saturated rings. The van der Waals surface area contributed by atoms with E-state index >= 15 is 0 Å². The van der Waals surface area contributed by atoms with E-state index in [1.54, 1.807) is 12.1 Å². The SMILES string of the molecule is O=C(C[N+](=O)[O-])c1ccccc1Cl. The molecule has 1 aromatic carbocycles. The zero-order valence-corrected chi connectivity index (χ0v) is 7.32. The van der Waals surface area contributed by atoms with Crippen LogP contribution < -0.4 is 0 Å². The summed E-state index contributed by atoms with van der Waals surface area (Å²) in [7, 11) is 0. The van der Waals surface area contributed by atoms with E-state index in [2.05, 4.69) is 0 Å². The first-order valence-electron chi connectivity index (χ1n) is 3.51. The molecule has 0 radical (unpaired) electrons. The molecule has 0 bridgehead atoms. The van der Waals surface area contributed by atoms with Crippen molar-refractivity contribution in [1.82, 2.24) is 0 Å². The van der Waals surface area contributed by atoms with Gasteiger partial charge in [0.1, 0.15) is 0 Å². The van der Waals surface area contributed by atoms with Gasteiger partial charge in [-0.05, 0) is 12.1 Å². The van der Waals surface area contributed by atoms with E-state index in [4.69, 9.17) is 11.6 Å². The molecule has 0 amide bonds. The lowest BCUT2D eigenvalue weighted by atomic mass is 10.1. The largest absolute Gasteiger partial charge is 0.287 e. The Morgan fingerprint density at radius 2 is 2.08 bits per heavy atom. The molecule has 1 aromatic rings. The number of carbonyl (C=O) groups is 1. The second-order valence-corrected chi connectivity index (χ2v) is 2.80.